The van der Waals surface area contributed by atoms with Crippen LogP contribution in [0.1, 0.15) is 16.1 Å². The molecule has 1 heterocycles. The van der Waals surface area contributed by atoms with Crippen LogP contribution in [0.25, 0.3) is 11.0 Å². The quantitative estimate of drug-likeness (QED) is 0.367. The molecule has 0 radical (unpaired) electrons. The van der Waals surface area contributed by atoms with Crippen LogP contribution in [0.2, 0.25) is 5.02 Å². The Morgan fingerprint density at radius 1 is 0.970 bits per heavy atom. The fourth-order valence-electron chi connectivity index (χ4n) is 3.27. The first-order valence-corrected chi connectivity index (χ1v) is 10.5. The number of methoxy groups -OCH3 is 1. The SMILES string of the molecule is COc1cc(NC(=O)COc2ccc(Cl)cc2C)ccc1NC(=O)c1cc2ccccc2o1. The molecule has 33 heavy (non-hydrogen) atoms. The van der Waals surface area contributed by atoms with Gasteiger partial charge in [-0.15, -0.1) is 0 Å². The lowest BCUT2D eigenvalue weighted by molar-refractivity contribution is -0.118. The highest BCUT2D eigenvalue weighted by Gasteiger charge is 2.15. The Hall–Kier alpha value is -3.97. The fraction of sp³-hybridized carbons (Fsp3) is 0.120. The maximum atomic E-state index is 12.6. The van der Waals surface area contributed by atoms with Gasteiger partial charge in [0.05, 0.1) is 12.8 Å². The molecule has 0 saturated heterocycles. The Kier molecular flexibility index (Phi) is 6.51. The number of benzene rings is 3. The first-order chi connectivity index (χ1) is 15.9. The van der Waals surface area contributed by atoms with Gasteiger partial charge in [-0.05, 0) is 55.0 Å². The largest absolute Gasteiger partial charge is 0.494 e. The molecule has 168 valence electrons. The average molecular weight is 465 g/mol. The van der Waals surface area contributed by atoms with Gasteiger partial charge in [0.1, 0.15) is 17.1 Å². The van der Waals surface area contributed by atoms with Gasteiger partial charge in [-0.25, -0.2) is 0 Å². The number of hydrogen-bond donors (Lipinski definition) is 2. The van der Waals surface area contributed by atoms with E-state index in [9.17, 15) is 9.59 Å². The van der Waals surface area contributed by atoms with Gasteiger partial charge in [0, 0.05) is 22.2 Å². The lowest BCUT2D eigenvalue weighted by Crippen LogP contribution is -2.20. The molecule has 3 aromatic carbocycles. The lowest BCUT2D eigenvalue weighted by Gasteiger charge is -2.13. The predicted molar refractivity (Wildman–Crippen MR) is 127 cm³/mol. The van der Waals surface area contributed by atoms with Gasteiger partial charge in [-0.2, -0.15) is 0 Å². The number of carbonyl (C=O) groups excluding carboxylic acids is 2. The monoisotopic (exact) mass is 464 g/mol. The molecule has 7 nitrogen and oxygen atoms in total. The molecule has 0 bridgehead atoms. The van der Waals surface area contributed by atoms with E-state index in [1.54, 1.807) is 48.5 Å². The number of anilines is 2. The minimum atomic E-state index is -0.409. The van der Waals surface area contributed by atoms with Crippen molar-refractivity contribution in [3.63, 3.8) is 0 Å². The summed E-state index contributed by atoms with van der Waals surface area (Å²) >= 11 is 5.93. The number of nitrogens with one attached hydrogen (secondary N) is 2. The van der Waals surface area contributed by atoms with E-state index in [0.29, 0.717) is 33.5 Å². The number of hydrogen-bond acceptors (Lipinski definition) is 5. The molecule has 0 spiro atoms. The van der Waals surface area contributed by atoms with Crippen LogP contribution < -0.4 is 20.1 Å². The summed E-state index contributed by atoms with van der Waals surface area (Å²) in [5.74, 6) is 0.395. The molecule has 1 aromatic heterocycles. The van der Waals surface area contributed by atoms with Gasteiger partial charge in [0.25, 0.3) is 11.8 Å². The van der Waals surface area contributed by atoms with Crippen molar-refractivity contribution in [2.75, 3.05) is 24.4 Å². The topological polar surface area (TPSA) is 89.8 Å². The van der Waals surface area contributed by atoms with E-state index in [1.807, 2.05) is 25.1 Å². The summed E-state index contributed by atoms with van der Waals surface area (Å²) in [5, 5.41) is 6.95. The number of halogens is 1. The minimum absolute atomic E-state index is 0.171. The minimum Gasteiger partial charge on any atom is -0.494 e. The first-order valence-electron chi connectivity index (χ1n) is 10.1. The zero-order valence-corrected chi connectivity index (χ0v) is 18.7. The molecular formula is C25H21ClN2O5. The third kappa shape index (κ3) is 5.27. The number of ether oxygens (including phenoxy) is 2. The molecule has 0 atom stereocenters. The number of amides is 2. The number of rotatable bonds is 7. The van der Waals surface area contributed by atoms with Crippen molar-refractivity contribution in [1.82, 2.24) is 0 Å². The van der Waals surface area contributed by atoms with Crippen molar-refractivity contribution < 1.29 is 23.5 Å². The highest BCUT2D eigenvalue weighted by Crippen LogP contribution is 2.29. The molecule has 2 amide bonds. The number of carbonyl (C=O) groups is 2. The summed E-state index contributed by atoms with van der Waals surface area (Å²) in [4.78, 5) is 24.9. The Morgan fingerprint density at radius 2 is 1.79 bits per heavy atom. The van der Waals surface area contributed by atoms with E-state index in [2.05, 4.69) is 10.6 Å². The first kappa shape index (κ1) is 22.2. The van der Waals surface area contributed by atoms with E-state index in [1.165, 1.54) is 7.11 Å². The lowest BCUT2D eigenvalue weighted by atomic mass is 10.2. The van der Waals surface area contributed by atoms with Crippen molar-refractivity contribution >= 4 is 45.8 Å². The van der Waals surface area contributed by atoms with E-state index in [0.717, 1.165) is 10.9 Å². The smallest absolute Gasteiger partial charge is 0.291 e. The summed E-state index contributed by atoms with van der Waals surface area (Å²) in [7, 11) is 1.48. The van der Waals surface area contributed by atoms with Crippen LogP contribution in [0.3, 0.4) is 0 Å². The second kappa shape index (κ2) is 9.67. The standard InChI is InChI=1S/C25H21ClN2O5/c1-15-11-17(26)7-10-20(15)32-14-24(29)27-18-8-9-19(22(13-18)31-2)28-25(30)23-12-16-5-3-4-6-21(16)33-23/h3-13H,14H2,1-2H3,(H,27,29)(H,28,30). The molecule has 2 N–H and O–H groups in total. The van der Waals surface area contributed by atoms with Crippen LogP contribution in [0.5, 0.6) is 11.5 Å². The third-order valence-corrected chi connectivity index (χ3v) is 5.11. The number of furan rings is 1. The Bertz CT molecular complexity index is 1300. The van der Waals surface area contributed by atoms with Crippen molar-refractivity contribution in [3.8, 4) is 11.5 Å². The number of aryl methyl sites for hydroxylation is 1. The normalized spacial score (nSPS) is 10.6. The summed E-state index contributed by atoms with van der Waals surface area (Å²) in [5.41, 5.74) is 2.40. The third-order valence-electron chi connectivity index (χ3n) is 4.88. The Morgan fingerprint density at radius 3 is 2.55 bits per heavy atom. The van der Waals surface area contributed by atoms with E-state index < -0.39 is 5.91 Å². The van der Waals surface area contributed by atoms with Crippen LogP contribution in [0.15, 0.2) is 71.1 Å². The molecule has 8 heteroatoms. The molecule has 0 unspecified atom stereocenters. The van der Waals surface area contributed by atoms with Gasteiger partial charge in [-0.1, -0.05) is 29.8 Å². The van der Waals surface area contributed by atoms with E-state index in [-0.39, 0.29) is 18.3 Å². The van der Waals surface area contributed by atoms with Gasteiger partial charge in [-0.3, -0.25) is 9.59 Å². The molecule has 4 rings (SSSR count). The summed E-state index contributed by atoms with van der Waals surface area (Å²) in [6.45, 7) is 1.68. The highest BCUT2D eigenvalue weighted by atomic mass is 35.5. The number of para-hydroxylation sites is 1. The van der Waals surface area contributed by atoms with Crippen molar-refractivity contribution in [1.29, 1.82) is 0 Å². The maximum Gasteiger partial charge on any atom is 0.291 e. The van der Waals surface area contributed by atoms with E-state index in [4.69, 9.17) is 25.5 Å². The molecule has 0 aliphatic rings. The molecule has 0 saturated carbocycles. The van der Waals surface area contributed by atoms with Crippen molar-refractivity contribution in [2.24, 2.45) is 0 Å². The number of fused-ring (bicyclic) bond motifs is 1. The van der Waals surface area contributed by atoms with E-state index >= 15 is 0 Å². The fourth-order valence-corrected chi connectivity index (χ4v) is 3.49. The molecule has 0 aliphatic heterocycles. The van der Waals surface area contributed by atoms with Crippen LogP contribution in [0, 0.1) is 6.92 Å². The van der Waals surface area contributed by atoms with Gasteiger partial charge in [0.2, 0.25) is 0 Å². The van der Waals surface area contributed by atoms with Crippen molar-refractivity contribution in [2.45, 2.75) is 6.92 Å². The van der Waals surface area contributed by atoms with Crippen LogP contribution in [-0.4, -0.2) is 25.5 Å². The van der Waals surface area contributed by atoms with Crippen LogP contribution in [0.4, 0.5) is 11.4 Å². The zero-order valence-electron chi connectivity index (χ0n) is 18.0. The predicted octanol–water partition coefficient (Wildman–Crippen LogP) is 5.67. The molecule has 0 fully saturated rings. The summed E-state index contributed by atoms with van der Waals surface area (Å²) in [6, 6.07) is 19.1. The van der Waals surface area contributed by atoms with Gasteiger partial charge < -0.3 is 24.5 Å². The second-order valence-corrected chi connectivity index (χ2v) is 7.70. The van der Waals surface area contributed by atoms with Crippen LogP contribution in [-0.2, 0) is 4.79 Å². The molecule has 0 aliphatic carbocycles. The van der Waals surface area contributed by atoms with Gasteiger partial charge in [0.15, 0.2) is 12.4 Å². The second-order valence-electron chi connectivity index (χ2n) is 7.26. The molecular weight excluding hydrogens is 444 g/mol. The highest BCUT2D eigenvalue weighted by molar-refractivity contribution is 6.30. The van der Waals surface area contributed by atoms with Crippen LogP contribution >= 0.6 is 11.6 Å². The Labute approximate surface area is 195 Å². The average Bonchev–Trinajstić information content (AvgIpc) is 3.24. The van der Waals surface area contributed by atoms with Gasteiger partial charge >= 0.3 is 0 Å². The zero-order chi connectivity index (χ0) is 23.4. The molecule has 4 aromatic rings. The van der Waals surface area contributed by atoms with Crippen molar-refractivity contribution in [3.05, 3.63) is 83.1 Å². The summed E-state index contributed by atoms with van der Waals surface area (Å²) < 4.78 is 16.5. The summed E-state index contributed by atoms with van der Waals surface area (Å²) in [6.07, 6.45) is 0. The maximum absolute atomic E-state index is 12.6. The Balaban J connectivity index is 1.40.